The van der Waals surface area contributed by atoms with Crippen molar-refractivity contribution in [3.05, 3.63) is 69.1 Å². The minimum absolute atomic E-state index is 0.219. The molecule has 1 N–H and O–H groups in total. The van der Waals surface area contributed by atoms with Crippen molar-refractivity contribution in [1.29, 1.82) is 0 Å². The average Bonchev–Trinajstić information content (AvgIpc) is 2.99. The van der Waals surface area contributed by atoms with Gasteiger partial charge < -0.3 is 10.2 Å². The summed E-state index contributed by atoms with van der Waals surface area (Å²) in [7, 11) is 1.50. The number of hydrogen-bond acceptors (Lipinski definition) is 5. The van der Waals surface area contributed by atoms with E-state index >= 15 is 0 Å². The molecule has 5 nitrogen and oxygen atoms in total. The molecule has 0 aliphatic carbocycles. The van der Waals surface area contributed by atoms with Gasteiger partial charge in [-0.2, -0.15) is 0 Å². The second kappa shape index (κ2) is 8.12. The van der Waals surface area contributed by atoms with Crippen LogP contribution in [0.5, 0.6) is 0 Å². The van der Waals surface area contributed by atoms with Gasteiger partial charge in [0.15, 0.2) is 4.47 Å². The minimum atomic E-state index is -0.219. The molecule has 26 heavy (non-hydrogen) atoms. The highest BCUT2D eigenvalue weighted by molar-refractivity contribution is 7.17. The number of thiazole rings is 1. The zero-order valence-corrected chi connectivity index (χ0v) is 15.8. The zero-order valence-electron chi connectivity index (χ0n) is 14.2. The second-order valence-electron chi connectivity index (χ2n) is 5.42. The Bertz CT molecular complexity index is 952. The van der Waals surface area contributed by atoms with Crippen molar-refractivity contribution in [3.8, 4) is 11.1 Å². The maximum Gasteiger partial charge on any atom is 0.267 e. The molecule has 0 unspecified atom stereocenters. The number of carbonyl (C=O) groups excluding carboxylic acids is 1. The Kier molecular flexibility index (Phi) is 5.65. The van der Waals surface area contributed by atoms with Crippen LogP contribution in [-0.4, -0.2) is 24.2 Å². The smallest absolute Gasteiger partial charge is 0.267 e. The van der Waals surface area contributed by atoms with Gasteiger partial charge >= 0.3 is 0 Å². The monoisotopic (exact) mass is 385 g/mol. The summed E-state index contributed by atoms with van der Waals surface area (Å²) in [5.74, 6) is -0.219. The van der Waals surface area contributed by atoms with Crippen LogP contribution in [-0.2, 0) is 4.84 Å². The molecule has 0 saturated carbocycles. The highest BCUT2D eigenvalue weighted by Crippen LogP contribution is 2.29. The van der Waals surface area contributed by atoms with Crippen molar-refractivity contribution in [1.82, 2.24) is 4.98 Å². The number of aryl methyl sites for hydroxylation is 1. The van der Waals surface area contributed by atoms with Crippen molar-refractivity contribution in [2.24, 2.45) is 5.16 Å². The number of rotatable bonds is 5. The number of benzene rings is 2. The SMILES string of the molecule is CON=Cc1ccc(-c2ccccc2NC(=O)c2sc(Cl)nc2C)cc1. The molecule has 132 valence electrons. The van der Waals surface area contributed by atoms with Crippen LogP contribution in [0.15, 0.2) is 53.7 Å². The third kappa shape index (κ3) is 4.09. The number of nitrogens with zero attached hydrogens (tertiary/aromatic N) is 2. The fourth-order valence-corrected chi connectivity index (χ4v) is 3.51. The number of para-hydroxylation sites is 1. The molecule has 7 heteroatoms. The Morgan fingerprint density at radius 3 is 2.62 bits per heavy atom. The van der Waals surface area contributed by atoms with Crippen LogP contribution in [0.2, 0.25) is 4.47 Å². The molecule has 1 heterocycles. The first kappa shape index (κ1) is 18.1. The summed E-state index contributed by atoms with van der Waals surface area (Å²) in [5, 5.41) is 6.70. The lowest BCUT2D eigenvalue weighted by Crippen LogP contribution is -2.12. The van der Waals surface area contributed by atoms with Crippen LogP contribution in [0.3, 0.4) is 0 Å². The summed E-state index contributed by atoms with van der Waals surface area (Å²) in [6, 6.07) is 15.4. The molecule has 0 radical (unpaired) electrons. The quantitative estimate of drug-likeness (QED) is 0.496. The van der Waals surface area contributed by atoms with Crippen LogP contribution in [0.1, 0.15) is 20.9 Å². The van der Waals surface area contributed by atoms with Gasteiger partial charge in [0.1, 0.15) is 12.0 Å². The molecule has 0 aliphatic heterocycles. The van der Waals surface area contributed by atoms with Crippen molar-refractivity contribution in [3.63, 3.8) is 0 Å². The molecule has 0 spiro atoms. The summed E-state index contributed by atoms with van der Waals surface area (Å²) in [6.07, 6.45) is 1.63. The first-order valence-electron chi connectivity index (χ1n) is 7.78. The Hall–Kier alpha value is -2.70. The fraction of sp³-hybridized carbons (Fsp3) is 0.105. The normalized spacial score (nSPS) is 10.9. The maximum atomic E-state index is 12.6. The van der Waals surface area contributed by atoms with E-state index in [9.17, 15) is 4.79 Å². The highest BCUT2D eigenvalue weighted by atomic mass is 35.5. The molecule has 0 atom stereocenters. The molecule has 2 aromatic carbocycles. The van der Waals surface area contributed by atoms with Gasteiger partial charge in [0.2, 0.25) is 0 Å². The lowest BCUT2D eigenvalue weighted by Gasteiger charge is -2.11. The zero-order chi connectivity index (χ0) is 18.5. The van der Waals surface area contributed by atoms with E-state index in [1.165, 1.54) is 18.4 Å². The lowest BCUT2D eigenvalue weighted by molar-refractivity contribution is 0.103. The van der Waals surface area contributed by atoms with E-state index < -0.39 is 0 Å². The number of anilines is 1. The van der Waals surface area contributed by atoms with Gasteiger partial charge in [0.05, 0.1) is 11.9 Å². The Labute approximate surface area is 160 Å². The summed E-state index contributed by atoms with van der Waals surface area (Å²) < 4.78 is 0.356. The largest absolute Gasteiger partial charge is 0.399 e. The topological polar surface area (TPSA) is 63.6 Å². The van der Waals surface area contributed by atoms with E-state index in [1.807, 2.05) is 48.5 Å². The van der Waals surface area contributed by atoms with Crippen LogP contribution in [0, 0.1) is 6.92 Å². The van der Waals surface area contributed by atoms with Gasteiger partial charge in [-0.1, -0.05) is 70.6 Å². The molecule has 3 aromatic rings. The van der Waals surface area contributed by atoms with Crippen LogP contribution < -0.4 is 5.32 Å². The molecule has 0 bridgehead atoms. The van der Waals surface area contributed by atoms with E-state index in [1.54, 1.807) is 13.1 Å². The van der Waals surface area contributed by atoms with E-state index in [2.05, 4.69) is 20.3 Å². The van der Waals surface area contributed by atoms with E-state index in [-0.39, 0.29) is 5.91 Å². The molecule has 0 aliphatic rings. The molecular formula is C19H16ClN3O2S. The summed E-state index contributed by atoms with van der Waals surface area (Å²) in [6.45, 7) is 1.77. The van der Waals surface area contributed by atoms with Crippen molar-refractivity contribution >= 4 is 40.7 Å². The second-order valence-corrected chi connectivity index (χ2v) is 7.00. The number of aromatic nitrogens is 1. The van der Waals surface area contributed by atoms with Crippen LogP contribution in [0.4, 0.5) is 5.69 Å². The number of oxime groups is 1. The van der Waals surface area contributed by atoms with E-state index in [0.717, 1.165) is 22.4 Å². The highest BCUT2D eigenvalue weighted by Gasteiger charge is 2.16. The minimum Gasteiger partial charge on any atom is -0.399 e. The number of nitrogens with one attached hydrogen (secondary N) is 1. The van der Waals surface area contributed by atoms with Gasteiger partial charge in [-0.3, -0.25) is 4.79 Å². The van der Waals surface area contributed by atoms with Gasteiger partial charge in [-0.15, -0.1) is 0 Å². The predicted octanol–water partition coefficient (Wildman–Crippen LogP) is 5.00. The molecule has 3 rings (SSSR count). The summed E-state index contributed by atoms with van der Waals surface area (Å²) in [5.41, 5.74) is 4.17. The number of amides is 1. The molecule has 1 amide bonds. The number of hydrogen-bond donors (Lipinski definition) is 1. The van der Waals surface area contributed by atoms with Gasteiger partial charge in [-0.05, 0) is 24.1 Å². The first-order chi connectivity index (χ1) is 12.6. The van der Waals surface area contributed by atoms with E-state index in [4.69, 9.17) is 11.6 Å². The maximum absolute atomic E-state index is 12.6. The Morgan fingerprint density at radius 1 is 1.23 bits per heavy atom. The van der Waals surface area contributed by atoms with Crippen molar-refractivity contribution in [2.45, 2.75) is 6.92 Å². The molecular weight excluding hydrogens is 370 g/mol. The average molecular weight is 386 g/mol. The van der Waals surface area contributed by atoms with Gasteiger partial charge in [0, 0.05) is 11.3 Å². The number of halogens is 1. The Morgan fingerprint density at radius 2 is 1.96 bits per heavy atom. The molecule has 0 saturated heterocycles. The third-order valence-corrected chi connectivity index (χ3v) is 4.94. The molecule has 1 aromatic heterocycles. The molecule has 0 fully saturated rings. The van der Waals surface area contributed by atoms with Crippen LogP contribution >= 0.6 is 22.9 Å². The van der Waals surface area contributed by atoms with Gasteiger partial charge in [-0.25, -0.2) is 4.98 Å². The van der Waals surface area contributed by atoms with Crippen LogP contribution in [0.25, 0.3) is 11.1 Å². The third-order valence-electron chi connectivity index (χ3n) is 3.68. The predicted molar refractivity (Wildman–Crippen MR) is 106 cm³/mol. The Balaban J connectivity index is 1.87. The van der Waals surface area contributed by atoms with E-state index in [0.29, 0.717) is 15.0 Å². The standard InChI is InChI=1S/C19H16ClN3O2S/c1-12-17(26-19(20)22-12)18(24)23-16-6-4-3-5-15(16)14-9-7-13(8-10-14)11-21-25-2/h3-11H,1-2H3,(H,23,24). The lowest BCUT2D eigenvalue weighted by atomic mass is 10.0. The van der Waals surface area contributed by atoms with Crippen molar-refractivity contribution < 1.29 is 9.63 Å². The van der Waals surface area contributed by atoms with Crippen molar-refractivity contribution in [2.75, 3.05) is 12.4 Å². The fourth-order valence-electron chi connectivity index (χ4n) is 2.46. The van der Waals surface area contributed by atoms with Gasteiger partial charge in [0.25, 0.3) is 5.91 Å². The number of carbonyl (C=O) groups is 1. The summed E-state index contributed by atoms with van der Waals surface area (Å²) >= 11 is 7.07. The first-order valence-corrected chi connectivity index (χ1v) is 8.98. The summed E-state index contributed by atoms with van der Waals surface area (Å²) in [4.78, 5) is 21.9.